The van der Waals surface area contributed by atoms with E-state index in [1.54, 1.807) is 40.5 Å². The molecule has 0 saturated carbocycles. The van der Waals surface area contributed by atoms with Gasteiger partial charge in [-0.05, 0) is 35.7 Å². The quantitative estimate of drug-likeness (QED) is 0.529. The van der Waals surface area contributed by atoms with Gasteiger partial charge in [-0.2, -0.15) is 0 Å². The Morgan fingerprint density at radius 2 is 1.90 bits per heavy atom. The zero-order valence-corrected chi connectivity index (χ0v) is 16.7. The third kappa shape index (κ3) is 3.57. The van der Waals surface area contributed by atoms with E-state index in [0.717, 1.165) is 10.3 Å². The fraction of sp³-hybridized carbons (Fsp3) is 0.182. The van der Waals surface area contributed by atoms with Gasteiger partial charge in [0.25, 0.3) is 11.5 Å². The molecule has 1 aromatic carbocycles. The lowest BCUT2D eigenvalue weighted by Gasteiger charge is -2.21. The Labute approximate surface area is 175 Å². The number of nitrogens with zero attached hydrogens (tertiary/aromatic N) is 1. The minimum Gasteiger partial charge on any atom is -0.486 e. The summed E-state index contributed by atoms with van der Waals surface area (Å²) in [6.45, 7) is 1.50. The molecule has 5 rings (SSSR count). The topological polar surface area (TPSA) is 84.8 Å². The van der Waals surface area contributed by atoms with Crippen LogP contribution in [0.5, 0.6) is 11.5 Å². The van der Waals surface area contributed by atoms with Crippen LogP contribution in [0.1, 0.15) is 21.0 Å². The number of H-pyrrole nitrogens is 1. The highest BCUT2D eigenvalue weighted by Gasteiger charge is 2.21. The van der Waals surface area contributed by atoms with Gasteiger partial charge in [0.2, 0.25) is 0 Å². The standard InChI is InChI=1S/C22H18N2O5S/c25-21-15(9-14-10-19-20(11-17(14)23-21)29-7-6-28-19)12-24(13-16-3-2-8-30-16)22(26)18-4-1-5-27-18/h1-5,8-11H,6-7,12-13H2,(H,23,25). The molecule has 8 heteroatoms. The van der Waals surface area contributed by atoms with Crippen LogP contribution >= 0.6 is 11.3 Å². The highest BCUT2D eigenvalue weighted by molar-refractivity contribution is 7.09. The van der Waals surface area contributed by atoms with E-state index in [-0.39, 0.29) is 23.8 Å². The Hall–Kier alpha value is -3.52. The Bertz CT molecular complexity index is 1240. The molecule has 0 unspecified atom stereocenters. The molecule has 4 aromatic rings. The van der Waals surface area contributed by atoms with Crippen molar-refractivity contribution in [3.63, 3.8) is 0 Å². The average molecular weight is 422 g/mol. The number of hydrogen-bond acceptors (Lipinski definition) is 6. The number of fused-ring (bicyclic) bond motifs is 2. The van der Waals surface area contributed by atoms with Crippen molar-refractivity contribution < 1.29 is 18.7 Å². The van der Waals surface area contributed by atoms with E-state index in [1.807, 2.05) is 23.6 Å². The summed E-state index contributed by atoms with van der Waals surface area (Å²) in [7, 11) is 0. The monoisotopic (exact) mass is 422 g/mol. The number of carbonyl (C=O) groups excluding carboxylic acids is 1. The Kier molecular flexibility index (Phi) is 4.76. The molecule has 0 aliphatic carbocycles. The minimum absolute atomic E-state index is 0.150. The zero-order chi connectivity index (χ0) is 20.5. The number of hydrogen-bond donors (Lipinski definition) is 1. The van der Waals surface area contributed by atoms with Crippen molar-refractivity contribution in [3.8, 4) is 11.5 Å². The summed E-state index contributed by atoms with van der Waals surface area (Å²) in [5.74, 6) is 1.23. The molecular weight excluding hydrogens is 404 g/mol. The van der Waals surface area contributed by atoms with Gasteiger partial charge in [-0.15, -0.1) is 11.3 Å². The van der Waals surface area contributed by atoms with E-state index in [9.17, 15) is 9.59 Å². The normalized spacial score (nSPS) is 12.8. The number of furan rings is 1. The lowest BCUT2D eigenvalue weighted by atomic mass is 10.1. The summed E-state index contributed by atoms with van der Waals surface area (Å²) >= 11 is 1.56. The predicted molar refractivity (Wildman–Crippen MR) is 112 cm³/mol. The van der Waals surface area contributed by atoms with Gasteiger partial charge in [0.15, 0.2) is 17.3 Å². The molecule has 4 heterocycles. The SMILES string of the molecule is O=C(c1ccco1)N(Cc1cccs1)Cc1cc2cc3c(cc2[nH]c1=O)OCCO3. The smallest absolute Gasteiger partial charge is 0.290 e. The first kappa shape index (κ1) is 18.5. The average Bonchev–Trinajstić information content (AvgIpc) is 3.46. The molecule has 7 nitrogen and oxygen atoms in total. The van der Waals surface area contributed by atoms with Gasteiger partial charge in [-0.25, -0.2) is 0 Å². The summed E-state index contributed by atoms with van der Waals surface area (Å²) < 4.78 is 16.5. The molecule has 1 aliphatic heterocycles. The molecule has 0 saturated heterocycles. The third-order valence-electron chi connectivity index (χ3n) is 4.89. The van der Waals surface area contributed by atoms with Crippen LogP contribution in [-0.2, 0) is 13.1 Å². The lowest BCUT2D eigenvalue weighted by molar-refractivity contribution is 0.0699. The maximum atomic E-state index is 13.0. The van der Waals surface area contributed by atoms with E-state index in [4.69, 9.17) is 13.9 Å². The maximum Gasteiger partial charge on any atom is 0.290 e. The number of benzene rings is 1. The van der Waals surface area contributed by atoms with Crippen LogP contribution < -0.4 is 15.0 Å². The molecule has 0 atom stereocenters. The van der Waals surface area contributed by atoms with Gasteiger partial charge in [-0.1, -0.05) is 6.07 Å². The third-order valence-corrected chi connectivity index (χ3v) is 5.75. The minimum atomic E-state index is -0.268. The number of thiophene rings is 1. The molecular formula is C22H18N2O5S. The van der Waals surface area contributed by atoms with Gasteiger partial charge in [0.1, 0.15) is 13.2 Å². The summed E-state index contributed by atoms with van der Waals surface area (Å²) in [6, 6.07) is 12.6. The lowest BCUT2D eigenvalue weighted by Crippen LogP contribution is -2.32. The van der Waals surface area contributed by atoms with Gasteiger partial charge >= 0.3 is 0 Å². The number of pyridine rings is 1. The van der Waals surface area contributed by atoms with Crippen LogP contribution in [0, 0.1) is 0 Å². The Morgan fingerprint density at radius 1 is 1.07 bits per heavy atom. The van der Waals surface area contributed by atoms with Crippen molar-refractivity contribution in [2.45, 2.75) is 13.1 Å². The van der Waals surface area contributed by atoms with Gasteiger partial charge < -0.3 is 23.8 Å². The van der Waals surface area contributed by atoms with Crippen LogP contribution in [0.2, 0.25) is 0 Å². The van der Waals surface area contributed by atoms with Gasteiger partial charge in [0, 0.05) is 21.9 Å². The maximum absolute atomic E-state index is 13.0. The first-order valence-electron chi connectivity index (χ1n) is 9.48. The van der Waals surface area contributed by atoms with Crippen LogP contribution in [0.25, 0.3) is 10.9 Å². The number of amides is 1. The van der Waals surface area contributed by atoms with E-state index in [1.165, 1.54) is 6.26 Å². The number of aromatic nitrogens is 1. The van der Waals surface area contributed by atoms with Crippen LogP contribution in [0.4, 0.5) is 0 Å². The van der Waals surface area contributed by atoms with E-state index >= 15 is 0 Å². The highest BCUT2D eigenvalue weighted by atomic mass is 32.1. The number of nitrogens with one attached hydrogen (secondary N) is 1. The van der Waals surface area contributed by atoms with E-state index in [0.29, 0.717) is 42.3 Å². The highest BCUT2D eigenvalue weighted by Crippen LogP contribution is 2.33. The van der Waals surface area contributed by atoms with Crippen molar-refractivity contribution >= 4 is 28.1 Å². The Balaban J connectivity index is 1.50. The van der Waals surface area contributed by atoms with Gasteiger partial charge in [0.05, 0.1) is 24.9 Å². The summed E-state index contributed by atoms with van der Waals surface area (Å²) in [5.41, 5.74) is 0.897. The number of aromatic amines is 1. The Morgan fingerprint density at radius 3 is 2.63 bits per heavy atom. The number of rotatable bonds is 5. The molecule has 3 aromatic heterocycles. The number of ether oxygens (including phenoxy) is 2. The summed E-state index contributed by atoms with van der Waals surface area (Å²) in [4.78, 5) is 31.3. The first-order chi connectivity index (χ1) is 14.7. The first-order valence-corrected chi connectivity index (χ1v) is 10.4. The van der Waals surface area contributed by atoms with Crippen molar-refractivity contribution in [1.29, 1.82) is 0 Å². The van der Waals surface area contributed by atoms with E-state index < -0.39 is 0 Å². The van der Waals surface area contributed by atoms with Crippen LogP contribution in [0.15, 0.2) is 63.3 Å². The summed E-state index contributed by atoms with van der Waals surface area (Å²) in [6.07, 6.45) is 1.46. The van der Waals surface area contributed by atoms with Crippen molar-refractivity contribution in [3.05, 3.63) is 80.7 Å². The second-order valence-electron chi connectivity index (χ2n) is 6.92. The van der Waals surface area contributed by atoms with Crippen molar-refractivity contribution in [2.24, 2.45) is 0 Å². The number of carbonyl (C=O) groups is 1. The molecule has 0 spiro atoms. The summed E-state index contributed by atoms with van der Waals surface area (Å²) in [5, 5.41) is 2.77. The molecule has 1 aliphatic rings. The van der Waals surface area contributed by atoms with Gasteiger partial charge in [-0.3, -0.25) is 9.59 Å². The van der Waals surface area contributed by atoms with Crippen LogP contribution in [-0.4, -0.2) is 29.0 Å². The van der Waals surface area contributed by atoms with E-state index in [2.05, 4.69) is 4.98 Å². The second-order valence-corrected chi connectivity index (χ2v) is 7.96. The van der Waals surface area contributed by atoms with Crippen molar-refractivity contribution in [2.75, 3.05) is 13.2 Å². The molecule has 152 valence electrons. The fourth-order valence-corrected chi connectivity index (χ4v) is 4.18. The van der Waals surface area contributed by atoms with Crippen molar-refractivity contribution in [1.82, 2.24) is 9.88 Å². The molecule has 0 fully saturated rings. The molecule has 1 amide bonds. The largest absolute Gasteiger partial charge is 0.486 e. The molecule has 0 radical (unpaired) electrons. The second kappa shape index (κ2) is 7.72. The van der Waals surface area contributed by atoms with Crippen LogP contribution in [0.3, 0.4) is 0 Å². The zero-order valence-electron chi connectivity index (χ0n) is 15.9. The molecule has 0 bridgehead atoms. The fourth-order valence-electron chi connectivity index (χ4n) is 3.46. The molecule has 1 N–H and O–H groups in total. The molecule has 30 heavy (non-hydrogen) atoms. The predicted octanol–water partition coefficient (Wildman–Crippen LogP) is 3.80.